The first-order valence-electron chi connectivity index (χ1n) is 16.6. The van der Waals surface area contributed by atoms with Gasteiger partial charge in [-0.05, 0) is 67.3 Å². The van der Waals surface area contributed by atoms with Crippen LogP contribution in [0.3, 0.4) is 0 Å². The second-order valence-electron chi connectivity index (χ2n) is 12.6. The van der Waals surface area contributed by atoms with Gasteiger partial charge in [-0.15, -0.1) is 11.6 Å². The van der Waals surface area contributed by atoms with Gasteiger partial charge in [0.25, 0.3) is 0 Å². The number of nitrogens with zero attached hydrogens (tertiary/aromatic N) is 1. The van der Waals surface area contributed by atoms with Crippen LogP contribution in [0.25, 0.3) is 0 Å². The number of anilines is 1. The van der Waals surface area contributed by atoms with Crippen molar-refractivity contribution in [2.24, 2.45) is 5.92 Å². The Balaban J connectivity index is 1.14. The van der Waals surface area contributed by atoms with Crippen LogP contribution in [0.1, 0.15) is 50.2 Å². The first-order valence-corrected chi connectivity index (χ1v) is 19.8. The molecule has 1 saturated heterocycles. The van der Waals surface area contributed by atoms with E-state index in [1.807, 2.05) is 4.90 Å². The van der Waals surface area contributed by atoms with Gasteiger partial charge in [-0.3, -0.25) is 19.8 Å². The Kier molecular flexibility index (Phi) is 13.8. The minimum absolute atomic E-state index is 0.0259. The molecule has 13 nitrogen and oxygen atoms in total. The zero-order valence-corrected chi connectivity index (χ0v) is 30.8. The first kappa shape index (κ1) is 38.8. The van der Waals surface area contributed by atoms with Gasteiger partial charge in [0, 0.05) is 24.0 Å². The number of aliphatic carboxylic acids is 1. The number of carboxylic acids is 1. The number of alkyl halides is 1. The second kappa shape index (κ2) is 17.8. The molecule has 17 heteroatoms. The number of esters is 1. The van der Waals surface area contributed by atoms with Crippen LogP contribution in [0.15, 0.2) is 46.2 Å². The fourth-order valence-electron chi connectivity index (χ4n) is 6.77. The maximum atomic E-state index is 13.1. The summed E-state index contributed by atoms with van der Waals surface area (Å²) in [7, 11) is -3.93. The van der Waals surface area contributed by atoms with E-state index in [9.17, 15) is 27.9 Å². The lowest BCUT2D eigenvalue weighted by Crippen LogP contribution is -2.54. The second-order valence-corrected chi connectivity index (χ2v) is 15.9. The Labute approximate surface area is 306 Å². The number of fused-ring (bicyclic) bond motifs is 2. The van der Waals surface area contributed by atoms with Gasteiger partial charge >= 0.3 is 11.9 Å². The molecule has 5 rings (SSSR count). The summed E-state index contributed by atoms with van der Waals surface area (Å²) in [6, 6.07) is 7.88. The molecule has 0 aromatic heterocycles. The van der Waals surface area contributed by atoms with Crippen molar-refractivity contribution < 1.29 is 37.4 Å². The molecular formula is C33H43Cl2N5O8S2. The highest BCUT2D eigenvalue weighted by Crippen LogP contribution is 2.40. The number of ether oxygens (including phenoxy) is 2. The third-order valence-corrected chi connectivity index (χ3v) is 12.4. The monoisotopic (exact) mass is 771 g/mol. The van der Waals surface area contributed by atoms with Gasteiger partial charge in [-0.2, -0.15) is 0 Å². The molecular weight excluding hydrogens is 729 g/mol. The number of rotatable bonds is 17. The number of hydrogen-bond acceptors (Lipinski definition) is 12. The molecule has 2 aromatic rings. The van der Waals surface area contributed by atoms with Gasteiger partial charge in [0.2, 0.25) is 10.0 Å². The van der Waals surface area contributed by atoms with Crippen molar-refractivity contribution in [2.75, 3.05) is 31.0 Å². The largest absolute Gasteiger partial charge is 0.480 e. The molecule has 50 heavy (non-hydrogen) atoms. The molecule has 1 aliphatic carbocycles. The summed E-state index contributed by atoms with van der Waals surface area (Å²) in [4.78, 5) is 39.6. The number of carbonyl (C=O) groups excluding carboxylic acids is 2. The average molecular weight is 773 g/mol. The standard InChI is InChI=1S/C33H43Cl2N5O8S2/c1-2-48-33(44)26(37-23(17-41)16-40-27-6-4-3-5-22(27)11-28(40)32(42)43)19-47-18-21-9-7-20(8-10-21)15-36-50(45,46)30-13-29-25(12-24(30)35)38-31(14-34)39-49-29/h7-10,12-13,17,22-23,26-28,31,36-39H,2-6,11,14-16,18-19H2,1H3,(H,42,43)/t22?,23-,26-,27?,28-,31?/m0/s1. The summed E-state index contributed by atoms with van der Waals surface area (Å²) in [5, 5.41) is 16.2. The third-order valence-electron chi connectivity index (χ3n) is 9.23. The summed E-state index contributed by atoms with van der Waals surface area (Å²) in [5.74, 6) is -0.854. The van der Waals surface area contributed by atoms with Crippen molar-refractivity contribution in [3.8, 4) is 0 Å². The van der Waals surface area contributed by atoms with Crippen molar-refractivity contribution in [3.05, 3.63) is 52.5 Å². The lowest BCUT2D eigenvalue weighted by atomic mass is 9.84. The van der Waals surface area contributed by atoms with Gasteiger partial charge in [0.15, 0.2) is 0 Å². The predicted octanol–water partition coefficient (Wildman–Crippen LogP) is 3.73. The summed E-state index contributed by atoms with van der Waals surface area (Å²) in [5.41, 5.74) is 2.18. The van der Waals surface area contributed by atoms with Gasteiger partial charge in [-0.25, -0.2) is 17.9 Å². The fraction of sp³-hybridized carbons (Fsp3) is 0.545. The Hall–Kier alpha value is -2.47. The summed E-state index contributed by atoms with van der Waals surface area (Å²) in [6.07, 6.45) is 5.08. The minimum atomic E-state index is -3.93. The average Bonchev–Trinajstić information content (AvgIpc) is 3.48. The Morgan fingerprint density at radius 3 is 2.62 bits per heavy atom. The maximum absolute atomic E-state index is 13.1. The molecule has 2 aromatic carbocycles. The Bertz CT molecular complexity index is 1620. The highest BCUT2D eigenvalue weighted by molar-refractivity contribution is 7.97. The maximum Gasteiger partial charge on any atom is 0.325 e. The molecule has 2 aliphatic heterocycles. The molecule has 0 spiro atoms. The zero-order chi connectivity index (χ0) is 35.8. The number of halogens is 2. The van der Waals surface area contributed by atoms with Crippen LogP contribution in [0.4, 0.5) is 5.69 Å². The number of nitrogens with one attached hydrogen (secondary N) is 4. The van der Waals surface area contributed by atoms with Crippen LogP contribution in [-0.2, 0) is 47.0 Å². The van der Waals surface area contributed by atoms with Crippen molar-refractivity contribution >= 4 is 69.1 Å². The van der Waals surface area contributed by atoms with Crippen molar-refractivity contribution in [1.29, 1.82) is 0 Å². The number of aldehydes is 1. The van der Waals surface area contributed by atoms with Gasteiger partial charge < -0.3 is 24.7 Å². The fourth-order valence-corrected chi connectivity index (χ4v) is 9.48. The van der Waals surface area contributed by atoms with Crippen LogP contribution in [0, 0.1) is 5.92 Å². The molecule has 3 unspecified atom stereocenters. The van der Waals surface area contributed by atoms with E-state index < -0.39 is 40.1 Å². The lowest BCUT2D eigenvalue weighted by molar-refractivity contribution is -0.148. The number of carbonyl (C=O) groups is 3. The molecule has 0 radical (unpaired) electrons. The smallest absolute Gasteiger partial charge is 0.325 e. The van der Waals surface area contributed by atoms with E-state index >= 15 is 0 Å². The molecule has 3 aliphatic rings. The molecule has 0 amide bonds. The summed E-state index contributed by atoms with van der Waals surface area (Å²) < 4.78 is 43.0. The molecule has 0 bridgehead atoms. The van der Waals surface area contributed by atoms with E-state index in [2.05, 4.69) is 20.1 Å². The number of carboxylic acid groups (broad SMARTS) is 1. The van der Waals surface area contributed by atoms with Crippen LogP contribution in [-0.4, -0.2) is 92.6 Å². The van der Waals surface area contributed by atoms with E-state index in [0.29, 0.717) is 40.7 Å². The third kappa shape index (κ3) is 9.69. The van der Waals surface area contributed by atoms with E-state index in [1.54, 1.807) is 37.3 Å². The minimum Gasteiger partial charge on any atom is -0.480 e. The first-order chi connectivity index (χ1) is 24.0. The topological polar surface area (TPSA) is 175 Å². The van der Waals surface area contributed by atoms with Crippen LogP contribution >= 0.6 is 35.1 Å². The van der Waals surface area contributed by atoms with Gasteiger partial charge in [0.1, 0.15) is 29.4 Å². The van der Waals surface area contributed by atoms with Crippen molar-refractivity contribution in [3.63, 3.8) is 0 Å². The normalized spacial score (nSPS) is 23.3. The van der Waals surface area contributed by atoms with Crippen molar-refractivity contribution in [1.82, 2.24) is 19.7 Å². The van der Waals surface area contributed by atoms with E-state index in [1.165, 1.54) is 18.0 Å². The SMILES string of the molecule is CCOC(=O)[C@H](COCc1ccc(CNS(=O)(=O)c2cc3c(cc2Cl)NC(CCl)NS3)cc1)N[C@H](C=O)CN1C2CCCCC2C[C@H]1C(=O)O. The lowest BCUT2D eigenvalue weighted by Gasteiger charge is -2.35. The summed E-state index contributed by atoms with van der Waals surface area (Å²) in [6.45, 7) is 2.08. The molecule has 6 atom stereocenters. The van der Waals surface area contributed by atoms with Gasteiger partial charge in [-0.1, -0.05) is 48.7 Å². The van der Waals surface area contributed by atoms with E-state index in [0.717, 1.165) is 31.2 Å². The van der Waals surface area contributed by atoms with Crippen molar-refractivity contribution in [2.45, 2.75) is 92.3 Å². The Morgan fingerprint density at radius 2 is 1.92 bits per heavy atom. The molecule has 5 N–H and O–H groups in total. The quantitative estimate of drug-likeness (QED) is 0.0682. The highest BCUT2D eigenvalue weighted by Gasteiger charge is 2.46. The van der Waals surface area contributed by atoms with E-state index in [-0.39, 0.29) is 55.0 Å². The number of hydrogen-bond donors (Lipinski definition) is 5. The molecule has 274 valence electrons. The molecule has 1 saturated carbocycles. The van der Waals surface area contributed by atoms with Gasteiger partial charge in [0.05, 0.1) is 42.5 Å². The number of likely N-dealkylation sites (tertiary alicyclic amines) is 1. The number of sulfonamides is 1. The molecule has 2 fully saturated rings. The van der Waals surface area contributed by atoms with Crippen LogP contribution in [0.2, 0.25) is 5.02 Å². The summed E-state index contributed by atoms with van der Waals surface area (Å²) >= 11 is 13.5. The van der Waals surface area contributed by atoms with E-state index in [4.69, 9.17) is 32.7 Å². The van der Waals surface area contributed by atoms with Crippen LogP contribution in [0.5, 0.6) is 0 Å². The Morgan fingerprint density at radius 1 is 1.18 bits per heavy atom. The number of benzene rings is 2. The molecule has 2 heterocycles. The van der Waals surface area contributed by atoms with Crippen LogP contribution < -0.4 is 20.1 Å². The highest BCUT2D eigenvalue weighted by atomic mass is 35.5. The zero-order valence-electron chi connectivity index (χ0n) is 27.6. The predicted molar refractivity (Wildman–Crippen MR) is 191 cm³/mol.